The summed E-state index contributed by atoms with van der Waals surface area (Å²) in [7, 11) is 0. The molecule has 5 aromatic rings. The highest BCUT2D eigenvalue weighted by atomic mass is 32.1. The third kappa shape index (κ3) is 5.72. The lowest BCUT2D eigenvalue weighted by atomic mass is 10.0. The molecule has 0 aliphatic rings. The predicted octanol–water partition coefficient (Wildman–Crippen LogP) is 6.41. The number of nitrogens with two attached hydrogens (primary N) is 1. The zero-order valence-electron chi connectivity index (χ0n) is 19.0. The Kier molecular flexibility index (Phi) is 6.99. The third-order valence-corrected chi connectivity index (χ3v) is 7.82. The van der Waals surface area contributed by atoms with Gasteiger partial charge < -0.3 is 10.6 Å². The van der Waals surface area contributed by atoms with E-state index >= 15 is 0 Å². The van der Waals surface area contributed by atoms with Crippen molar-refractivity contribution in [2.75, 3.05) is 11.4 Å². The van der Waals surface area contributed by atoms with Crippen LogP contribution in [0.3, 0.4) is 0 Å². The van der Waals surface area contributed by atoms with Crippen LogP contribution in [0.4, 0.5) is 18.3 Å². The van der Waals surface area contributed by atoms with Crippen LogP contribution in [0.1, 0.15) is 16.7 Å². The number of fused-ring (bicyclic) bond motifs is 1. The average molecular weight is 526 g/mol. The van der Waals surface area contributed by atoms with Gasteiger partial charge in [-0.2, -0.15) is 13.2 Å². The molecular formula is C26H22F3N5S2. The summed E-state index contributed by atoms with van der Waals surface area (Å²) >= 11 is 3.08. The van der Waals surface area contributed by atoms with E-state index in [1.54, 1.807) is 29.8 Å². The zero-order valence-corrected chi connectivity index (χ0v) is 20.7. The molecule has 1 atom stereocenters. The first-order valence-electron chi connectivity index (χ1n) is 11.2. The minimum Gasteiger partial charge on any atom is -0.342 e. The molecule has 36 heavy (non-hydrogen) atoms. The minimum absolute atomic E-state index is 0.318. The molecule has 0 fully saturated rings. The summed E-state index contributed by atoms with van der Waals surface area (Å²) in [5.41, 5.74) is 8.34. The zero-order chi connectivity index (χ0) is 25.1. The number of halogens is 3. The van der Waals surface area contributed by atoms with Crippen molar-refractivity contribution in [3.05, 3.63) is 95.9 Å². The number of hydrogen-bond acceptors (Lipinski definition) is 7. The lowest BCUT2D eigenvalue weighted by Gasteiger charge is -2.26. The molecule has 1 unspecified atom stereocenters. The van der Waals surface area contributed by atoms with Crippen LogP contribution >= 0.6 is 22.7 Å². The Morgan fingerprint density at radius 3 is 2.53 bits per heavy atom. The molecule has 0 bridgehead atoms. The second-order valence-corrected chi connectivity index (χ2v) is 10.4. The van der Waals surface area contributed by atoms with Crippen LogP contribution in [0.5, 0.6) is 0 Å². The quantitative estimate of drug-likeness (QED) is 0.254. The van der Waals surface area contributed by atoms with E-state index in [4.69, 9.17) is 10.7 Å². The predicted molar refractivity (Wildman–Crippen MR) is 139 cm³/mol. The van der Waals surface area contributed by atoms with E-state index in [0.29, 0.717) is 25.1 Å². The van der Waals surface area contributed by atoms with E-state index in [2.05, 4.69) is 14.9 Å². The Labute approximate surface area is 214 Å². The van der Waals surface area contributed by atoms with Crippen LogP contribution in [-0.4, -0.2) is 27.5 Å². The standard InChI is InChI=1S/C26H22F3N5S2/c27-26(28,29)19-8-4-7-18(11-19)12-20(30)16-34(15-17-5-2-1-3-6-17)25-32-14-23(36-25)24-33-21-9-10-31-13-22(21)35-24/h1-11,13-14,20H,12,15-16,30H2. The Morgan fingerprint density at radius 1 is 0.944 bits per heavy atom. The molecule has 3 heterocycles. The maximum atomic E-state index is 13.1. The van der Waals surface area contributed by atoms with Gasteiger partial charge >= 0.3 is 6.18 Å². The van der Waals surface area contributed by atoms with Gasteiger partial charge in [0.1, 0.15) is 5.01 Å². The van der Waals surface area contributed by atoms with Crippen molar-refractivity contribution in [1.82, 2.24) is 15.0 Å². The SMILES string of the molecule is NC(Cc1cccc(C(F)(F)F)c1)CN(Cc1ccccc1)c1ncc(-c2nc3ccncc3s2)s1. The number of nitrogens with zero attached hydrogens (tertiary/aromatic N) is 4. The maximum Gasteiger partial charge on any atom is 0.416 e. The van der Waals surface area contributed by atoms with Crippen molar-refractivity contribution in [2.45, 2.75) is 25.2 Å². The summed E-state index contributed by atoms with van der Waals surface area (Å²) in [5.74, 6) is 0. The van der Waals surface area contributed by atoms with Crippen molar-refractivity contribution in [3.8, 4) is 9.88 Å². The van der Waals surface area contributed by atoms with Crippen LogP contribution in [0, 0.1) is 0 Å². The molecule has 0 amide bonds. The molecule has 0 aliphatic heterocycles. The number of hydrogen-bond donors (Lipinski definition) is 1. The first-order valence-corrected chi connectivity index (χ1v) is 12.9. The molecule has 2 aromatic carbocycles. The number of alkyl halides is 3. The highest BCUT2D eigenvalue weighted by Crippen LogP contribution is 2.36. The van der Waals surface area contributed by atoms with E-state index < -0.39 is 17.8 Å². The number of benzene rings is 2. The topological polar surface area (TPSA) is 67.9 Å². The Hall–Kier alpha value is -3.34. The number of thiazole rings is 2. The highest BCUT2D eigenvalue weighted by Gasteiger charge is 2.30. The fourth-order valence-electron chi connectivity index (χ4n) is 3.93. The normalized spacial score (nSPS) is 12.7. The van der Waals surface area contributed by atoms with Crippen LogP contribution in [0.15, 0.2) is 79.3 Å². The first kappa shape index (κ1) is 24.4. The van der Waals surface area contributed by atoms with Gasteiger partial charge in [0.2, 0.25) is 0 Å². The van der Waals surface area contributed by atoms with E-state index in [0.717, 1.165) is 36.9 Å². The highest BCUT2D eigenvalue weighted by molar-refractivity contribution is 7.26. The molecule has 0 aliphatic carbocycles. The van der Waals surface area contributed by atoms with Gasteiger partial charge in [0.05, 0.1) is 26.9 Å². The molecule has 2 N–H and O–H groups in total. The molecule has 0 saturated carbocycles. The summed E-state index contributed by atoms with van der Waals surface area (Å²) in [4.78, 5) is 16.5. The molecule has 5 rings (SSSR count). The van der Waals surface area contributed by atoms with Crippen molar-refractivity contribution < 1.29 is 13.2 Å². The molecule has 0 spiro atoms. The molecule has 3 aromatic heterocycles. The van der Waals surface area contributed by atoms with Gasteiger partial charge in [0.15, 0.2) is 5.13 Å². The van der Waals surface area contributed by atoms with Crippen molar-refractivity contribution in [3.63, 3.8) is 0 Å². The first-order chi connectivity index (χ1) is 17.3. The second-order valence-electron chi connectivity index (χ2n) is 8.40. The van der Waals surface area contributed by atoms with Crippen LogP contribution < -0.4 is 10.6 Å². The Morgan fingerprint density at radius 2 is 1.75 bits per heavy atom. The van der Waals surface area contributed by atoms with Gasteiger partial charge in [0.25, 0.3) is 0 Å². The smallest absolute Gasteiger partial charge is 0.342 e. The van der Waals surface area contributed by atoms with Gasteiger partial charge in [-0.1, -0.05) is 59.9 Å². The van der Waals surface area contributed by atoms with E-state index in [1.807, 2.05) is 42.6 Å². The molecule has 5 nitrogen and oxygen atoms in total. The molecule has 10 heteroatoms. The fraction of sp³-hybridized carbons (Fsp3) is 0.192. The summed E-state index contributed by atoms with van der Waals surface area (Å²) < 4.78 is 40.4. The van der Waals surface area contributed by atoms with Crippen LogP contribution in [-0.2, 0) is 19.1 Å². The largest absolute Gasteiger partial charge is 0.416 e. The minimum atomic E-state index is -4.38. The number of rotatable bonds is 8. The van der Waals surface area contributed by atoms with Gasteiger partial charge in [-0.3, -0.25) is 4.98 Å². The number of anilines is 1. The Balaban J connectivity index is 1.38. The van der Waals surface area contributed by atoms with Crippen LogP contribution in [0.2, 0.25) is 0 Å². The second kappa shape index (κ2) is 10.3. The lowest BCUT2D eigenvalue weighted by Crippen LogP contribution is -2.38. The Bertz CT molecular complexity index is 1420. The molecule has 184 valence electrons. The summed E-state index contributed by atoms with van der Waals surface area (Å²) in [5, 5.41) is 1.65. The van der Waals surface area contributed by atoms with Crippen molar-refractivity contribution in [2.24, 2.45) is 5.73 Å². The summed E-state index contributed by atoms with van der Waals surface area (Å²) in [6, 6.07) is 16.8. The van der Waals surface area contributed by atoms with Crippen molar-refractivity contribution in [1.29, 1.82) is 0 Å². The third-order valence-electron chi connectivity index (χ3n) is 5.59. The van der Waals surface area contributed by atoms with Gasteiger partial charge in [0, 0.05) is 31.5 Å². The molecular weight excluding hydrogens is 503 g/mol. The maximum absolute atomic E-state index is 13.1. The van der Waals surface area contributed by atoms with Gasteiger partial charge in [-0.05, 0) is 29.7 Å². The van der Waals surface area contributed by atoms with Crippen molar-refractivity contribution >= 4 is 38.0 Å². The monoisotopic (exact) mass is 525 g/mol. The number of aromatic nitrogens is 3. The van der Waals surface area contributed by atoms with E-state index in [-0.39, 0.29) is 0 Å². The summed E-state index contributed by atoms with van der Waals surface area (Å²) in [6.07, 6.45) is 1.26. The van der Waals surface area contributed by atoms with Gasteiger partial charge in [-0.15, -0.1) is 11.3 Å². The molecule has 0 saturated heterocycles. The fourth-order valence-corrected chi connectivity index (χ4v) is 5.83. The van der Waals surface area contributed by atoms with E-state index in [9.17, 15) is 13.2 Å². The van der Waals surface area contributed by atoms with E-state index in [1.165, 1.54) is 23.5 Å². The number of pyridine rings is 1. The summed E-state index contributed by atoms with van der Waals surface area (Å²) in [6.45, 7) is 1.01. The lowest BCUT2D eigenvalue weighted by molar-refractivity contribution is -0.137. The van der Waals surface area contributed by atoms with Gasteiger partial charge in [-0.25, -0.2) is 9.97 Å². The average Bonchev–Trinajstić information content (AvgIpc) is 3.51. The van der Waals surface area contributed by atoms with Crippen LogP contribution in [0.25, 0.3) is 20.1 Å². The molecule has 0 radical (unpaired) electrons.